The molecule has 1 amide bonds. The van der Waals surface area contributed by atoms with E-state index in [0.29, 0.717) is 12.8 Å². The molecule has 1 saturated carbocycles. The van der Waals surface area contributed by atoms with Crippen LogP contribution in [0, 0.1) is 5.92 Å². The van der Waals surface area contributed by atoms with E-state index in [1.165, 1.54) is 0 Å². The minimum atomic E-state index is -0.790. The molecule has 0 aromatic heterocycles. The van der Waals surface area contributed by atoms with E-state index >= 15 is 0 Å². The van der Waals surface area contributed by atoms with Crippen molar-refractivity contribution in [3.8, 4) is 0 Å². The summed E-state index contributed by atoms with van der Waals surface area (Å²) in [6, 6.07) is 9.30. The van der Waals surface area contributed by atoms with Crippen LogP contribution in [0.1, 0.15) is 44.1 Å². The molecule has 1 aromatic carbocycles. The normalized spacial score (nSPS) is 22.9. The molecule has 0 heterocycles. The van der Waals surface area contributed by atoms with Gasteiger partial charge >= 0.3 is 5.97 Å². The minimum absolute atomic E-state index is 0.0852. The molecule has 4 nitrogen and oxygen atoms in total. The number of rotatable bonds is 4. The van der Waals surface area contributed by atoms with E-state index in [0.717, 1.165) is 37.7 Å². The van der Waals surface area contributed by atoms with Crippen LogP contribution in [0.2, 0.25) is 0 Å². The number of amides is 1. The standard InChI is InChI=1S/C17H23NO3/c19-16(12-13-8-4-3-5-9-13)18-15-11-7-2-1-6-10-14(15)17(20)21/h3-5,8-9,14-15H,1-2,6-7,10-12H2,(H,18,19)(H,20,21). The second kappa shape index (κ2) is 7.81. The number of carbonyl (C=O) groups excluding carboxylic acids is 1. The SMILES string of the molecule is O=C(Cc1ccccc1)NC1CCCCCCC1C(=O)O. The first-order chi connectivity index (χ1) is 10.2. The topological polar surface area (TPSA) is 66.4 Å². The first kappa shape index (κ1) is 15.5. The molecule has 0 saturated heterocycles. The second-order valence-electron chi connectivity index (χ2n) is 5.77. The Balaban J connectivity index is 1.96. The second-order valence-corrected chi connectivity index (χ2v) is 5.77. The number of hydrogen-bond acceptors (Lipinski definition) is 2. The molecule has 1 aliphatic carbocycles. The molecule has 114 valence electrons. The van der Waals surface area contributed by atoms with Crippen LogP contribution in [0.15, 0.2) is 30.3 Å². The predicted molar refractivity (Wildman–Crippen MR) is 80.9 cm³/mol. The van der Waals surface area contributed by atoms with Crippen molar-refractivity contribution in [3.63, 3.8) is 0 Å². The van der Waals surface area contributed by atoms with Gasteiger partial charge in [-0.15, -0.1) is 0 Å². The van der Waals surface area contributed by atoms with Crippen LogP contribution in [0.5, 0.6) is 0 Å². The highest BCUT2D eigenvalue weighted by atomic mass is 16.4. The van der Waals surface area contributed by atoms with E-state index in [2.05, 4.69) is 5.32 Å². The fourth-order valence-corrected chi connectivity index (χ4v) is 2.99. The maximum Gasteiger partial charge on any atom is 0.308 e. The Bertz CT molecular complexity index is 472. The van der Waals surface area contributed by atoms with Gasteiger partial charge in [0.2, 0.25) is 5.91 Å². The van der Waals surface area contributed by atoms with Gasteiger partial charge in [0.05, 0.1) is 12.3 Å². The quantitative estimate of drug-likeness (QED) is 0.895. The van der Waals surface area contributed by atoms with Crippen molar-refractivity contribution in [2.75, 3.05) is 0 Å². The largest absolute Gasteiger partial charge is 0.481 e. The van der Waals surface area contributed by atoms with Crippen LogP contribution in [0.4, 0.5) is 0 Å². The molecule has 1 fully saturated rings. The monoisotopic (exact) mass is 289 g/mol. The van der Waals surface area contributed by atoms with Gasteiger partial charge < -0.3 is 10.4 Å². The zero-order valence-electron chi connectivity index (χ0n) is 12.3. The molecule has 1 aliphatic rings. The molecule has 2 unspecified atom stereocenters. The van der Waals surface area contributed by atoms with E-state index in [4.69, 9.17) is 0 Å². The third-order valence-corrected chi connectivity index (χ3v) is 4.14. The lowest BCUT2D eigenvalue weighted by molar-refractivity contribution is -0.143. The summed E-state index contributed by atoms with van der Waals surface area (Å²) in [5.74, 6) is -1.33. The summed E-state index contributed by atoms with van der Waals surface area (Å²) in [6.07, 6.45) is 5.86. The third-order valence-electron chi connectivity index (χ3n) is 4.14. The zero-order valence-corrected chi connectivity index (χ0v) is 12.3. The summed E-state index contributed by atoms with van der Waals surface area (Å²) in [7, 11) is 0. The maximum atomic E-state index is 12.1. The Hall–Kier alpha value is -1.84. The van der Waals surface area contributed by atoms with Gasteiger partial charge in [-0.1, -0.05) is 56.0 Å². The molecule has 0 aliphatic heterocycles. The molecule has 21 heavy (non-hydrogen) atoms. The van der Waals surface area contributed by atoms with E-state index in [9.17, 15) is 14.7 Å². The predicted octanol–water partition coefficient (Wildman–Crippen LogP) is 2.77. The Kier molecular flexibility index (Phi) is 5.78. The van der Waals surface area contributed by atoms with Gasteiger partial charge in [0.1, 0.15) is 0 Å². The first-order valence-electron chi connectivity index (χ1n) is 7.73. The van der Waals surface area contributed by atoms with Crippen molar-refractivity contribution in [1.82, 2.24) is 5.32 Å². The molecule has 2 N–H and O–H groups in total. The van der Waals surface area contributed by atoms with Crippen LogP contribution in [-0.2, 0) is 16.0 Å². The highest BCUT2D eigenvalue weighted by molar-refractivity contribution is 5.80. The smallest absolute Gasteiger partial charge is 0.308 e. The Morgan fingerprint density at radius 1 is 1.05 bits per heavy atom. The van der Waals surface area contributed by atoms with E-state index in [1.807, 2.05) is 30.3 Å². The van der Waals surface area contributed by atoms with Crippen molar-refractivity contribution < 1.29 is 14.7 Å². The van der Waals surface area contributed by atoms with Crippen LogP contribution >= 0.6 is 0 Å². The molecule has 2 rings (SSSR count). The zero-order chi connectivity index (χ0) is 15.1. The molecule has 0 bridgehead atoms. The average Bonchev–Trinajstić information content (AvgIpc) is 2.42. The number of hydrogen-bond donors (Lipinski definition) is 2. The number of aliphatic carboxylic acids is 1. The van der Waals surface area contributed by atoms with Gasteiger partial charge in [0.15, 0.2) is 0 Å². The number of carbonyl (C=O) groups is 2. The molecule has 1 aromatic rings. The van der Waals surface area contributed by atoms with Gasteiger partial charge in [-0.2, -0.15) is 0 Å². The van der Waals surface area contributed by atoms with Crippen LogP contribution in [0.25, 0.3) is 0 Å². The summed E-state index contributed by atoms with van der Waals surface area (Å²) in [5.41, 5.74) is 0.952. The lowest BCUT2D eigenvalue weighted by Gasteiger charge is -2.27. The van der Waals surface area contributed by atoms with Crippen molar-refractivity contribution in [2.45, 2.75) is 51.0 Å². The van der Waals surface area contributed by atoms with Gasteiger partial charge in [-0.25, -0.2) is 0 Å². The fourth-order valence-electron chi connectivity index (χ4n) is 2.99. The van der Waals surface area contributed by atoms with E-state index in [-0.39, 0.29) is 11.9 Å². The average molecular weight is 289 g/mol. The Morgan fingerprint density at radius 3 is 2.38 bits per heavy atom. The van der Waals surface area contributed by atoms with E-state index in [1.54, 1.807) is 0 Å². The number of carboxylic acids is 1. The Labute approximate surface area is 125 Å². The molecule has 0 spiro atoms. The summed E-state index contributed by atoms with van der Waals surface area (Å²) in [5, 5.41) is 12.3. The van der Waals surface area contributed by atoms with Gasteiger partial charge in [0.25, 0.3) is 0 Å². The number of nitrogens with one attached hydrogen (secondary N) is 1. The van der Waals surface area contributed by atoms with Crippen LogP contribution < -0.4 is 5.32 Å². The van der Waals surface area contributed by atoms with Crippen LogP contribution in [-0.4, -0.2) is 23.0 Å². The lowest BCUT2D eigenvalue weighted by atomic mass is 9.86. The number of carboxylic acid groups (broad SMARTS) is 1. The van der Waals surface area contributed by atoms with E-state index < -0.39 is 11.9 Å². The number of benzene rings is 1. The first-order valence-corrected chi connectivity index (χ1v) is 7.73. The molecular weight excluding hydrogens is 266 g/mol. The Morgan fingerprint density at radius 2 is 1.71 bits per heavy atom. The maximum absolute atomic E-state index is 12.1. The molecule has 0 radical (unpaired) electrons. The summed E-state index contributed by atoms with van der Waals surface area (Å²) in [6.45, 7) is 0. The fraction of sp³-hybridized carbons (Fsp3) is 0.529. The minimum Gasteiger partial charge on any atom is -0.481 e. The summed E-state index contributed by atoms with van der Waals surface area (Å²) >= 11 is 0. The van der Waals surface area contributed by atoms with Gasteiger partial charge in [-0.05, 0) is 18.4 Å². The summed E-state index contributed by atoms with van der Waals surface area (Å²) < 4.78 is 0. The van der Waals surface area contributed by atoms with Crippen molar-refractivity contribution in [2.24, 2.45) is 5.92 Å². The molecule has 2 atom stereocenters. The van der Waals surface area contributed by atoms with Crippen LogP contribution in [0.3, 0.4) is 0 Å². The van der Waals surface area contributed by atoms with Gasteiger partial charge in [-0.3, -0.25) is 9.59 Å². The highest BCUT2D eigenvalue weighted by Gasteiger charge is 2.29. The lowest BCUT2D eigenvalue weighted by Crippen LogP contribution is -2.44. The van der Waals surface area contributed by atoms with Gasteiger partial charge in [0, 0.05) is 6.04 Å². The van der Waals surface area contributed by atoms with Crippen molar-refractivity contribution in [1.29, 1.82) is 0 Å². The van der Waals surface area contributed by atoms with Crippen molar-refractivity contribution in [3.05, 3.63) is 35.9 Å². The molecule has 4 heteroatoms. The summed E-state index contributed by atoms with van der Waals surface area (Å²) in [4.78, 5) is 23.6. The van der Waals surface area contributed by atoms with Crippen molar-refractivity contribution >= 4 is 11.9 Å². The third kappa shape index (κ3) is 4.88. The molecular formula is C17H23NO3. The highest BCUT2D eigenvalue weighted by Crippen LogP contribution is 2.23.